The van der Waals surface area contributed by atoms with Gasteiger partial charge in [0, 0.05) is 44.5 Å². The second kappa shape index (κ2) is 6.67. The summed E-state index contributed by atoms with van der Waals surface area (Å²) < 4.78 is 5.32. The summed E-state index contributed by atoms with van der Waals surface area (Å²) in [6.07, 6.45) is 0. The Morgan fingerprint density at radius 1 is 1.19 bits per heavy atom. The first-order chi connectivity index (χ1) is 10.3. The Labute approximate surface area is 128 Å². The number of piperazine rings is 1. The molecule has 0 aliphatic carbocycles. The minimum atomic E-state index is 0.821. The van der Waals surface area contributed by atoms with E-state index in [1.165, 1.54) is 38.4 Å². The van der Waals surface area contributed by atoms with Crippen LogP contribution in [0.3, 0.4) is 0 Å². The maximum absolute atomic E-state index is 5.32. The summed E-state index contributed by atoms with van der Waals surface area (Å²) in [5.41, 5.74) is 1.28. The van der Waals surface area contributed by atoms with Gasteiger partial charge in [0.1, 0.15) is 5.75 Å². The summed E-state index contributed by atoms with van der Waals surface area (Å²) in [5, 5.41) is 3.51. The predicted molar refractivity (Wildman–Crippen MR) is 87.2 cm³/mol. The molecule has 2 atom stereocenters. The smallest absolute Gasteiger partial charge is 0.120 e. The molecule has 1 N–H and O–H groups in total. The van der Waals surface area contributed by atoms with E-state index in [-0.39, 0.29) is 0 Å². The Morgan fingerprint density at radius 2 is 2.00 bits per heavy atom. The van der Waals surface area contributed by atoms with E-state index in [0.717, 1.165) is 30.7 Å². The van der Waals surface area contributed by atoms with Gasteiger partial charge in [-0.15, -0.1) is 0 Å². The molecule has 21 heavy (non-hydrogen) atoms. The molecule has 4 heteroatoms. The first kappa shape index (κ1) is 14.7. The molecule has 0 spiro atoms. The summed E-state index contributed by atoms with van der Waals surface area (Å²) >= 11 is 0. The minimum absolute atomic E-state index is 0.821. The first-order valence-electron chi connectivity index (χ1n) is 8.08. The van der Waals surface area contributed by atoms with Crippen molar-refractivity contribution in [3.8, 4) is 5.75 Å². The third-order valence-corrected chi connectivity index (χ3v) is 4.96. The van der Waals surface area contributed by atoms with E-state index >= 15 is 0 Å². The van der Waals surface area contributed by atoms with Crippen molar-refractivity contribution in [1.82, 2.24) is 10.2 Å². The minimum Gasteiger partial charge on any atom is -0.497 e. The summed E-state index contributed by atoms with van der Waals surface area (Å²) in [4.78, 5) is 5.10. The molecular formula is C17H27N3O. The molecule has 0 saturated carbocycles. The summed E-state index contributed by atoms with van der Waals surface area (Å²) in [6, 6.07) is 8.40. The van der Waals surface area contributed by atoms with Crippen molar-refractivity contribution in [3.05, 3.63) is 24.3 Å². The quantitative estimate of drug-likeness (QED) is 0.912. The van der Waals surface area contributed by atoms with Crippen molar-refractivity contribution in [1.29, 1.82) is 0 Å². The lowest BCUT2D eigenvalue weighted by atomic mass is 9.97. The molecule has 2 aliphatic heterocycles. The van der Waals surface area contributed by atoms with Crippen LogP contribution in [-0.4, -0.2) is 57.8 Å². The lowest BCUT2D eigenvalue weighted by Crippen LogP contribution is -2.48. The Bertz CT molecular complexity index is 457. The van der Waals surface area contributed by atoms with Gasteiger partial charge in [-0.2, -0.15) is 0 Å². The molecule has 4 nitrogen and oxygen atoms in total. The average molecular weight is 289 g/mol. The van der Waals surface area contributed by atoms with Crippen molar-refractivity contribution >= 4 is 5.69 Å². The Morgan fingerprint density at radius 3 is 2.67 bits per heavy atom. The fraction of sp³-hybridized carbons (Fsp3) is 0.647. The first-order valence-corrected chi connectivity index (χ1v) is 8.08. The van der Waals surface area contributed by atoms with Gasteiger partial charge in [-0.05, 0) is 37.1 Å². The molecule has 2 unspecified atom stereocenters. The molecule has 2 aliphatic rings. The monoisotopic (exact) mass is 289 g/mol. The zero-order valence-electron chi connectivity index (χ0n) is 13.2. The van der Waals surface area contributed by atoms with E-state index in [2.05, 4.69) is 40.2 Å². The van der Waals surface area contributed by atoms with Crippen LogP contribution in [0.5, 0.6) is 5.75 Å². The zero-order chi connectivity index (χ0) is 14.7. The highest BCUT2D eigenvalue weighted by molar-refractivity contribution is 5.51. The van der Waals surface area contributed by atoms with Gasteiger partial charge in [0.15, 0.2) is 0 Å². The molecule has 2 heterocycles. The van der Waals surface area contributed by atoms with Gasteiger partial charge in [-0.3, -0.25) is 4.90 Å². The fourth-order valence-electron chi connectivity index (χ4n) is 3.44. The molecule has 116 valence electrons. The van der Waals surface area contributed by atoms with Crippen LogP contribution >= 0.6 is 0 Å². The Kier molecular flexibility index (Phi) is 4.66. The van der Waals surface area contributed by atoms with E-state index in [9.17, 15) is 0 Å². The van der Waals surface area contributed by atoms with Gasteiger partial charge >= 0.3 is 0 Å². The van der Waals surface area contributed by atoms with Gasteiger partial charge in [0.25, 0.3) is 0 Å². The van der Waals surface area contributed by atoms with Crippen LogP contribution in [0.2, 0.25) is 0 Å². The van der Waals surface area contributed by atoms with Crippen molar-refractivity contribution in [2.75, 3.05) is 57.8 Å². The number of nitrogens with zero attached hydrogens (tertiary/aromatic N) is 2. The highest BCUT2D eigenvalue weighted by atomic mass is 16.5. The van der Waals surface area contributed by atoms with Crippen LogP contribution in [0.25, 0.3) is 0 Å². The molecule has 1 aromatic carbocycles. The van der Waals surface area contributed by atoms with Crippen LogP contribution in [-0.2, 0) is 0 Å². The summed E-state index contributed by atoms with van der Waals surface area (Å²) in [7, 11) is 1.73. The van der Waals surface area contributed by atoms with E-state index in [4.69, 9.17) is 4.74 Å². The average Bonchev–Trinajstić information content (AvgIpc) is 2.93. The maximum Gasteiger partial charge on any atom is 0.120 e. The number of benzene rings is 1. The summed E-state index contributed by atoms with van der Waals surface area (Å²) in [5.74, 6) is 2.59. The number of methoxy groups -OCH3 is 1. The van der Waals surface area contributed by atoms with Gasteiger partial charge in [-0.25, -0.2) is 0 Å². The van der Waals surface area contributed by atoms with Crippen LogP contribution in [0.15, 0.2) is 24.3 Å². The maximum atomic E-state index is 5.32. The van der Waals surface area contributed by atoms with Gasteiger partial charge in [0.2, 0.25) is 0 Å². The second-order valence-electron chi connectivity index (χ2n) is 6.38. The fourth-order valence-corrected chi connectivity index (χ4v) is 3.44. The van der Waals surface area contributed by atoms with E-state index in [1.54, 1.807) is 7.11 Å². The van der Waals surface area contributed by atoms with Crippen molar-refractivity contribution in [2.24, 2.45) is 11.8 Å². The van der Waals surface area contributed by atoms with E-state index in [0.29, 0.717) is 0 Å². The molecular weight excluding hydrogens is 262 g/mol. The standard InChI is InChI=1S/C17H27N3O/c1-14-11-18-12-15(14)13-19-6-8-20(9-7-19)16-4-3-5-17(10-16)21-2/h3-5,10,14-15,18H,6-9,11-13H2,1-2H3. The van der Waals surface area contributed by atoms with E-state index in [1.807, 2.05) is 6.07 Å². The number of hydrogen-bond acceptors (Lipinski definition) is 4. The van der Waals surface area contributed by atoms with Crippen molar-refractivity contribution in [3.63, 3.8) is 0 Å². The van der Waals surface area contributed by atoms with E-state index < -0.39 is 0 Å². The Balaban J connectivity index is 1.52. The number of rotatable bonds is 4. The largest absolute Gasteiger partial charge is 0.497 e. The molecule has 1 aromatic rings. The third kappa shape index (κ3) is 3.50. The molecule has 0 aromatic heterocycles. The topological polar surface area (TPSA) is 27.7 Å². The summed E-state index contributed by atoms with van der Waals surface area (Å²) in [6.45, 7) is 10.6. The lowest BCUT2D eigenvalue weighted by Gasteiger charge is -2.37. The SMILES string of the molecule is COc1cccc(N2CCN(CC3CNCC3C)CC2)c1. The lowest BCUT2D eigenvalue weighted by molar-refractivity contribution is 0.207. The molecule has 0 amide bonds. The molecule has 2 fully saturated rings. The molecule has 0 bridgehead atoms. The van der Waals surface area contributed by atoms with Crippen LogP contribution in [0, 0.1) is 11.8 Å². The molecule has 3 rings (SSSR count). The van der Waals surface area contributed by atoms with Gasteiger partial charge in [0.05, 0.1) is 7.11 Å². The number of anilines is 1. The van der Waals surface area contributed by atoms with Crippen LogP contribution in [0.1, 0.15) is 6.92 Å². The molecule has 2 saturated heterocycles. The Hall–Kier alpha value is -1.26. The third-order valence-electron chi connectivity index (χ3n) is 4.96. The zero-order valence-corrected chi connectivity index (χ0v) is 13.2. The second-order valence-corrected chi connectivity index (χ2v) is 6.38. The van der Waals surface area contributed by atoms with Crippen molar-refractivity contribution < 1.29 is 4.74 Å². The number of hydrogen-bond donors (Lipinski definition) is 1. The number of nitrogens with one attached hydrogen (secondary N) is 1. The highest BCUT2D eigenvalue weighted by Crippen LogP contribution is 2.23. The highest BCUT2D eigenvalue weighted by Gasteiger charge is 2.26. The van der Waals surface area contributed by atoms with Crippen molar-refractivity contribution in [2.45, 2.75) is 6.92 Å². The number of ether oxygens (including phenoxy) is 1. The van der Waals surface area contributed by atoms with Crippen LogP contribution < -0.4 is 15.0 Å². The normalized spacial score (nSPS) is 27.0. The van der Waals surface area contributed by atoms with Gasteiger partial charge < -0.3 is 15.0 Å². The van der Waals surface area contributed by atoms with Crippen LogP contribution in [0.4, 0.5) is 5.69 Å². The van der Waals surface area contributed by atoms with Gasteiger partial charge in [-0.1, -0.05) is 13.0 Å². The molecule has 0 radical (unpaired) electrons. The predicted octanol–water partition coefficient (Wildman–Crippen LogP) is 1.67.